The molecule has 0 saturated heterocycles. The van der Waals surface area contributed by atoms with Gasteiger partial charge in [-0.1, -0.05) is 0 Å². The number of nitrogens with one attached hydrogen (secondary N) is 1. The molecule has 53 valence electrons. The van der Waals surface area contributed by atoms with E-state index in [-0.39, 0.29) is 6.61 Å². The lowest BCUT2D eigenvalue weighted by molar-refractivity contribution is 0.168. The largest absolute Gasteiger partial charge is 0.450 e. The monoisotopic (exact) mass is 132 g/mol. The van der Waals surface area contributed by atoms with Crippen LogP contribution in [0.3, 0.4) is 0 Å². The van der Waals surface area contributed by atoms with Crippen molar-refractivity contribution in [3.05, 3.63) is 0 Å². The molecule has 0 fully saturated rings. The van der Waals surface area contributed by atoms with Crippen LogP contribution >= 0.6 is 0 Å². The maximum atomic E-state index is 9.68. The first-order chi connectivity index (χ1) is 4.27. The van der Waals surface area contributed by atoms with Crippen molar-refractivity contribution in [3.8, 4) is 0 Å². The maximum absolute atomic E-state index is 9.68. The summed E-state index contributed by atoms with van der Waals surface area (Å²) in [5.41, 5.74) is 0. The van der Waals surface area contributed by atoms with Gasteiger partial charge in [0.15, 0.2) is 0 Å². The molecule has 0 aromatic rings. The van der Waals surface area contributed by atoms with E-state index >= 15 is 0 Å². The summed E-state index contributed by atoms with van der Waals surface area (Å²) in [5.74, 6) is 0. The fraction of sp³-hybridized carbons (Fsp3) is 0.800. The van der Waals surface area contributed by atoms with E-state index in [1.54, 1.807) is 0 Å². The highest BCUT2D eigenvalue weighted by atomic mass is 16.4. The molecule has 0 rings (SSSR count). The van der Waals surface area contributed by atoms with Gasteiger partial charge in [-0.3, -0.25) is 0 Å². The quantitative estimate of drug-likeness (QED) is 0.524. The van der Waals surface area contributed by atoms with Gasteiger partial charge in [0.25, 0.3) is 0 Å². The zero-order valence-electron chi connectivity index (χ0n) is 5.09. The summed E-state index contributed by atoms with van der Waals surface area (Å²) < 4.78 is 0. The fourth-order valence-electron chi connectivity index (χ4n) is 0.427. The van der Waals surface area contributed by atoms with E-state index in [1.165, 1.54) is 0 Å². The summed E-state index contributed by atoms with van der Waals surface area (Å²) >= 11 is 0. The van der Waals surface area contributed by atoms with Crippen LogP contribution in [0.15, 0.2) is 0 Å². The lowest BCUT2D eigenvalue weighted by atomic mass is 10.3. The normalized spacial score (nSPS) is 9.00. The molecule has 4 heteroatoms. The first-order valence-corrected chi connectivity index (χ1v) is 2.83. The molecule has 0 bridgehead atoms. The minimum Gasteiger partial charge on any atom is -0.396 e. The van der Waals surface area contributed by atoms with Gasteiger partial charge in [0, 0.05) is 13.2 Å². The molecule has 2 N–H and O–H groups in total. The van der Waals surface area contributed by atoms with Gasteiger partial charge in [0.05, 0.1) is 0 Å². The maximum Gasteiger partial charge on any atom is 0.450 e. The Kier molecular flexibility index (Phi) is 4.91. The highest BCUT2D eigenvalue weighted by Gasteiger charge is 1.93. The summed E-state index contributed by atoms with van der Waals surface area (Å²) in [7, 11) is 0. The zero-order valence-corrected chi connectivity index (χ0v) is 5.09. The minimum absolute atomic E-state index is 0.106. The molecule has 0 atom stereocenters. The van der Waals surface area contributed by atoms with E-state index < -0.39 is 6.09 Å². The van der Waals surface area contributed by atoms with Crippen molar-refractivity contribution in [1.29, 1.82) is 0 Å². The average molecular weight is 132 g/mol. The number of rotatable bonds is 4. The Bertz CT molecular complexity index is 84.3. The van der Waals surface area contributed by atoms with Crippen LogP contribution in [-0.4, -0.2) is 24.4 Å². The van der Waals surface area contributed by atoms with Crippen molar-refractivity contribution in [2.45, 2.75) is 12.8 Å². The molecule has 0 aromatic carbocycles. The third kappa shape index (κ3) is 7.23. The second-order valence-electron chi connectivity index (χ2n) is 1.64. The molecule has 0 aliphatic rings. The van der Waals surface area contributed by atoms with Gasteiger partial charge in [-0.15, -0.1) is 0 Å². The third-order valence-corrected chi connectivity index (χ3v) is 0.854. The number of hydrogen-bond acceptors (Lipinski definition) is 2. The van der Waals surface area contributed by atoms with Gasteiger partial charge >= 0.3 is 6.09 Å². The van der Waals surface area contributed by atoms with Crippen LogP contribution in [0.25, 0.3) is 0 Å². The Morgan fingerprint density at radius 1 is 1.44 bits per heavy atom. The van der Waals surface area contributed by atoms with Gasteiger partial charge in [-0.05, 0) is 12.8 Å². The van der Waals surface area contributed by atoms with Crippen LogP contribution in [0.2, 0.25) is 0 Å². The van der Waals surface area contributed by atoms with E-state index in [0.29, 0.717) is 19.4 Å². The number of hydrogen-bond donors (Lipinski definition) is 2. The second-order valence-corrected chi connectivity index (χ2v) is 1.64. The predicted molar refractivity (Wildman–Crippen MR) is 30.4 cm³/mol. The molecule has 0 heterocycles. The van der Waals surface area contributed by atoms with Crippen molar-refractivity contribution >= 4 is 6.09 Å². The minimum atomic E-state index is -1.26. The van der Waals surface area contributed by atoms with Crippen molar-refractivity contribution in [2.24, 2.45) is 0 Å². The Morgan fingerprint density at radius 2 is 2.11 bits per heavy atom. The highest BCUT2D eigenvalue weighted by Crippen LogP contribution is 1.82. The molecule has 1 amide bonds. The van der Waals surface area contributed by atoms with Crippen LogP contribution in [0.5, 0.6) is 0 Å². The Balaban J connectivity index is 2.83. The Labute approximate surface area is 53.5 Å². The molecular weight excluding hydrogens is 122 g/mol. The summed E-state index contributed by atoms with van der Waals surface area (Å²) in [4.78, 5) is 9.68. The van der Waals surface area contributed by atoms with Gasteiger partial charge in [-0.2, -0.15) is 0 Å². The smallest absolute Gasteiger partial charge is 0.396 e. The average Bonchev–Trinajstić information content (AvgIpc) is 1.80. The zero-order chi connectivity index (χ0) is 7.11. The first-order valence-electron chi connectivity index (χ1n) is 2.83. The SMILES string of the molecule is [O]C(=O)NCCCCO. The first kappa shape index (κ1) is 8.23. The van der Waals surface area contributed by atoms with E-state index in [1.807, 2.05) is 0 Å². The Hall–Kier alpha value is -0.770. The van der Waals surface area contributed by atoms with Crippen molar-refractivity contribution in [2.75, 3.05) is 13.2 Å². The summed E-state index contributed by atoms with van der Waals surface area (Å²) in [6.45, 7) is 0.470. The molecule has 0 aliphatic carbocycles. The van der Waals surface area contributed by atoms with E-state index in [0.717, 1.165) is 0 Å². The van der Waals surface area contributed by atoms with E-state index in [2.05, 4.69) is 5.32 Å². The standard InChI is InChI=1S/C5H10NO3/c7-4-2-1-3-6-5(8)9/h6-7H,1-4H2. The molecule has 0 spiro atoms. The molecule has 0 aromatic heterocycles. The molecule has 1 radical (unpaired) electrons. The molecule has 0 aliphatic heterocycles. The van der Waals surface area contributed by atoms with Crippen LogP contribution in [-0.2, 0) is 5.11 Å². The van der Waals surface area contributed by atoms with Gasteiger partial charge in [0.2, 0.25) is 0 Å². The number of aliphatic hydroxyl groups excluding tert-OH is 1. The summed E-state index contributed by atoms with van der Waals surface area (Å²) in [6.07, 6.45) is 0.0260. The van der Waals surface area contributed by atoms with Gasteiger partial charge in [-0.25, -0.2) is 9.90 Å². The number of unbranched alkanes of at least 4 members (excludes halogenated alkanes) is 1. The summed E-state index contributed by atoms with van der Waals surface area (Å²) in [5, 5.41) is 20.0. The molecule has 9 heavy (non-hydrogen) atoms. The highest BCUT2D eigenvalue weighted by molar-refractivity contribution is 5.63. The van der Waals surface area contributed by atoms with Crippen LogP contribution < -0.4 is 5.32 Å². The van der Waals surface area contributed by atoms with Gasteiger partial charge in [0.1, 0.15) is 0 Å². The van der Waals surface area contributed by atoms with E-state index in [4.69, 9.17) is 5.11 Å². The third-order valence-electron chi connectivity index (χ3n) is 0.854. The lowest BCUT2D eigenvalue weighted by Gasteiger charge is -1.95. The number of amides is 1. The van der Waals surface area contributed by atoms with Gasteiger partial charge < -0.3 is 10.4 Å². The second kappa shape index (κ2) is 5.37. The fourth-order valence-corrected chi connectivity index (χ4v) is 0.427. The molecular formula is C5H10NO3. The van der Waals surface area contributed by atoms with Crippen molar-refractivity contribution in [1.82, 2.24) is 5.32 Å². The van der Waals surface area contributed by atoms with Crippen LogP contribution in [0.1, 0.15) is 12.8 Å². The Morgan fingerprint density at radius 3 is 2.56 bits per heavy atom. The predicted octanol–water partition coefficient (Wildman–Crippen LogP) is -0.101. The molecule has 0 unspecified atom stereocenters. The number of aliphatic hydroxyl groups is 1. The van der Waals surface area contributed by atoms with Crippen molar-refractivity contribution in [3.63, 3.8) is 0 Å². The summed E-state index contributed by atoms with van der Waals surface area (Å²) in [6, 6.07) is 0. The van der Waals surface area contributed by atoms with Crippen molar-refractivity contribution < 1.29 is 15.0 Å². The topological polar surface area (TPSA) is 69.2 Å². The van der Waals surface area contributed by atoms with Crippen LogP contribution in [0.4, 0.5) is 4.79 Å². The van der Waals surface area contributed by atoms with E-state index in [9.17, 15) is 9.90 Å². The lowest BCUT2D eigenvalue weighted by Crippen LogP contribution is -2.20. The van der Waals surface area contributed by atoms with Crippen LogP contribution in [0, 0.1) is 0 Å². The number of carbonyl (C=O) groups excluding carboxylic acids is 1. The number of carbonyl (C=O) groups is 1. The molecule has 0 saturated carbocycles. The molecule has 4 nitrogen and oxygen atoms in total.